The molecule has 0 atom stereocenters. The van der Waals surface area contributed by atoms with Crippen LogP contribution in [0.3, 0.4) is 0 Å². The molecule has 0 unspecified atom stereocenters. The van der Waals surface area contributed by atoms with E-state index in [0.717, 1.165) is 17.1 Å². The van der Waals surface area contributed by atoms with Crippen molar-refractivity contribution in [2.75, 3.05) is 19.5 Å². The summed E-state index contributed by atoms with van der Waals surface area (Å²) in [5.41, 5.74) is 1.15. The van der Waals surface area contributed by atoms with E-state index in [2.05, 4.69) is 18.4 Å². The second kappa shape index (κ2) is 7.10. The van der Waals surface area contributed by atoms with E-state index in [1.165, 1.54) is 4.90 Å². The van der Waals surface area contributed by atoms with Gasteiger partial charge in [0, 0.05) is 4.90 Å². The van der Waals surface area contributed by atoms with Crippen molar-refractivity contribution >= 4 is 11.8 Å². The Hall–Kier alpha value is -1.61. The summed E-state index contributed by atoms with van der Waals surface area (Å²) >= 11 is 1.72. The summed E-state index contributed by atoms with van der Waals surface area (Å²) in [7, 11) is 0. The lowest BCUT2D eigenvalue weighted by molar-refractivity contribution is 0.216. The number of hydrogen-bond acceptors (Lipinski definition) is 3. The third-order valence-corrected chi connectivity index (χ3v) is 3.51. The number of thioether (sulfide) groups is 1. The second-order valence-corrected chi connectivity index (χ2v) is 5.02. The Morgan fingerprint density at radius 3 is 2.26 bits per heavy atom. The smallest absolute Gasteiger partial charge is 0.122 e. The van der Waals surface area contributed by atoms with Crippen molar-refractivity contribution < 1.29 is 9.47 Å². The summed E-state index contributed by atoms with van der Waals surface area (Å²) in [6, 6.07) is 16.1. The Labute approximate surface area is 118 Å². The largest absolute Gasteiger partial charge is 0.490 e. The molecule has 0 saturated heterocycles. The molecule has 0 heterocycles. The van der Waals surface area contributed by atoms with Gasteiger partial charge in [-0.3, -0.25) is 0 Å². The van der Waals surface area contributed by atoms with Gasteiger partial charge in [0.05, 0.1) is 0 Å². The first-order chi connectivity index (χ1) is 9.29. The Balaban J connectivity index is 1.76. The minimum atomic E-state index is 0.549. The van der Waals surface area contributed by atoms with E-state index < -0.39 is 0 Å². The van der Waals surface area contributed by atoms with Crippen LogP contribution in [0.5, 0.6) is 11.5 Å². The summed E-state index contributed by atoms with van der Waals surface area (Å²) in [5.74, 6) is 1.80. The van der Waals surface area contributed by atoms with Crippen LogP contribution in [0, 0.1) is 6.92 Å². The molecule has 19 heavy (non-hydrogen) atoms. The average Bonchev–Trinajstić information content (AvgIpc) is 2.46. The highest BCUT2D eigenvalue weighted by atomic mass is 32.2. The van der Waals surface area contributed by atoms with Crippen molar-refractivity contribution in [3.8, 4) is 11.5 Å². The number of rotatable bonds is 6. The van der Waals surface area contributed by atoms with Crippen LogP contribution in [0.25, 0.3) is 0 Å². The van der Waals surface area contributed by atoms with E-state index in [1.54, 1.807) is 11.8 Å². The van der Waals surface area contributed by atoms with Crippen LogP contribution in [-0.4, -0.2) is 19.5 Å². The van der Waals surface area contributed by atoms with Gasteiger partial charge in [0.2, 0.25) is 0 Å². The van der Waals surface area contributed by atoms with Gasteiger partial charge in [0.15, 0.2) is 0 Å². The Kier molecular flexibility index (Phi) is 5.16. The number of benzene rings is 2. The van der Waals surface area contributed by atoms with E-state index in [-0.39, 0.29) is 0 Å². The van der Waals surface area contributed by atoms with E-state index in [4.69, 9.17) is 9.47 Å². The highest BCUT2D eigenvalue weighted by Gasteiger charge is 1.98. The van der Waals surface area contributed by atoms with E-state index >= 15 is 0 Å². The maximum atomic E-state index is 5.67. The molecule has 0 fully saturated rings. The van der Waals surface area contributed by atoms with E-state index in [9.17, 15) is 0 Å². The van der Waals surface area contributed by atoms with Crippen molar-refractivity contribution in [3.63, 3.8) is 0 Å². The Morgan fingerprint density at radius 2 is 1.58 bits per heavy atom. The molecule has 2 aromatic rings. The monoisotopic (exact) mass is 274 g/mol. The van der Waals surface area contributed by atoms with Crippen molar-refractivity contribution in [1.82, 2.24) is 0 Å². The van der Waals surface area contributed by atoms with Crippen molar-refractivity contribution in [2.24, 2.45) is 0 Å². The van der Waals surface area contributed by atoms with Gasteiger partial charge in [-0.25, -0.2) is 0 Å². The molecule has 0 aliphatic heterocycles. The molecule has 0 aromatic heterocycles. The lowest BCUT2D eigenvalue weighted by Crippen LogP contribution is -2.09. The van der Waals surface area contributed by atoms with Crippen molar-refractivity contribution in [2.45, 2.75) is 11.8 Å². The third-order valence-electron chi connectivity index (χ3n) is 2.76. The summed E-state index contributed by atoms with van der Waals surface area (Å²) in [4.78, 5) is 1.24. The summed E-state index contributed by atoms with van der Waals surface area (Å²) in [5, 5.41) is 0. The molecule has 2 aromatic carbocycles. The first kappa shape index (κ1) is 13.8. The quantitative estimate of drug-likeness (QED) is 0.581. The minimum absolute atomic E-state index is 0.549. The van der Waals surface area contributed by atoms with Crippen LogP contribution >= 0.6 is 11.8 Å². The van der Waals surface area contributed by atoms with Crippen LogP contribution in [0.4, 0.5) is 0 Å². The van der Waals surface area contributed by atoms with Crippen LogP contribution in [0.15, 0.2) is 53.4 Å². The molecule has 0 saturated carbocycles. The highest BCUT2D eigenvalue weighted by molar-refractivity contribution is 7.98. The molecule has 0 radical (unpaired) electrons. The van der Waals surface area contributed by atoms with Gasteiger partial charge in [0.25, 0.3) is 0 Å². The van der Waals surface area contributed by atoms with Gasteiger partial charge in [-0.2, -0.15) is 0 Å². The third kappa shape index (κ3) is 4.21. The van der Waals surface area contributed by atoms with E-state index in [0.29, 0.717) is 13.2 Å². The van der Waals surface area contributed by atoms with Crippen LogP contribution < -0.4 is 9.47 Å². The molecular weight excluding hydrogens is 256 g/mol. The first-order valence-corrected chi connectivity index (χ1v) is 7.47. The topological polar surface area (TPSA) is 18.5 Å². The molecule has 2 nitrogen and oxygen atoms in total. The molecule has 0 aliphatic carbocycles. The summed E-state index contributed by atoms with van der Waals surface area (Å²) < 4.78 is 11.3. The van der Waals surface area contributed by atoms with Gasteiger partial charge in [-0.05, 0) is 49.1 Å². The molecule has 0 bridgehead atoms. The predicted octanol–water partition coefficient (Wildman–Crippen LogP) is 4.17. The molecule has 0 N–H and O–H groups in total. The molecule has 0 spiro atoms. The zero-order valence-electron chi connectivity index (χ0n) is 11.3. The second-order valence-electron chi connectivity index (χ2n) is 4.14. The summed E-state index contributed by atoms with van der Waals surface area (Å²) in [6.07, 6.45) is 2.06. The Morgan fingerprint density at radius 1 is 0.895 bits per heavy atom. The number of ether oxygens (including phenoxy) is 2. The zero-order chi connectivity index (χ0) is 13.5. The van der Waals surface area contributed by atoms with Gasteiger partial charge >= 0.3 is 0 Å². The van der Waals surface area contributed by atoms with Gasteiger partial charge in [-0.15, -0.1) is 11.8 Å². The molecule has 2 rings (SSSR count). The lowest BCUT2D eigenvalue weighted by Gasteiger charge is -2.10. The predicted molar refractivity (Wildman–Crippen MR) is 80.4 cm³/mol. The standard InChI is InChI=1S/C16H18O2S/c1-13-5-3-4-6-16(13)18-12-11-17-14-7-9-15(19-2)10-8-14/h3-10H,11-12H2,1-2H3. The van der Waals surface area contributed by atoms with Gasteiger partial charge in [-0.1, -0.05) is 18.2 Å². The van der Waals surface area contributed by atoms with Crippen LogP contribution in [0.1, 0.15) is 5.56 Å². The Bertz CT molecular complexity index is 508. The highest BCUT2D eigenvalue weighted by Crippen LogP contribution is 2.19. The van der Waals surface area contributed by atoms with Crippen molar-refractivity contribution in [3.05, 3.63) is 54.1 Å². The minimum Gasteiger partial charge on any atom is -0.490 e. The molecule has 0 amide bonds. The number of aryl methyl sites for hydroxylation is 1. The fourth-order valence-corrected chi connectivity index (χ4v) is 2.11. The first-order valence-electron chi connectivity index (χ1n) is 6.25. The molecule has 3 heteroatoms. The fourth-order valence-electron chi connectivity index (χ4n) is 1.70. The van der Waals surface area contributed by atoms with E-state index in [1.807, 2.05) is 43.3 Å². The molecular formula is C16H18O2S. The van der Waals surface area contributed by atoms with Gasteiger partial charge < -0.3 is 9.47 Å². The summed E-state index contributed by atoms with van der Waals surface area (Å²) in [6.45, 7) is 3.14. The maximum absolute atomic E-state index is 5.67. The maximum Gasteiger partial charge on any atom is 0.122 e. The number of para-hydroxylation sites is 1. The SMILES string of the molecule is CSc1ccc(OCCOc2ccccc2C)cc1. The van der Waals surface area contributed by atoms with Crippen LogP contribution in [-0.2, 0) is 0 Å². The number of hydrogen-bond donors (Lipinski definition) is 0. The average molecular weight is 274 g/mol. The molecule has 100 valence electrons. The van der Waals surface area contributed by atoms with Crippen molar-refractivity contribution in [1.29, 1.82) is 0 Å². The molecule has 0 aliphatic rings. The lowest BCUT2D eigenvalue weighted by atomic mass is 10.2. The van der Waals surface area contributed by atoms with Crippen LogP contribution in [0.2, 0.25) is 0 Å². The normalized spacial score (nSPS) is 10.2. The van der Waals surface area contributed by atoms with Gasteiger partial charge in [0.1, 0.15) is 24.7 Å². The fraction of sp³-hybridized carbons (Fsp3) is 0.250. The zero-order valence-corrected chi connectivity index (χ0v) is 12.1.